The number of hydrogen-bond donors (Lipinski definition) is 3. The van der Waals surface area contributed by atoms with Crippen molar-refractivity contribution < 1.29 is 9.59 Å². The van der Waals surface area contributed by atoms with Crippen molar-refractivity contribution in [1.82, 2.24) is 10.3 Å². The lowest BCUT2D eigenvalue weighted by molar-refractivity contribution is -0.115. The predicted molar refractivity (Wildman–Crippen MR) is 94.0 cm³/mol. The molecule has 2 aromatic rings. The van der Waals surface area contributed by atoms with E-state index in [4.69, 9.17) is 5.73 Å². The average molecular weight is 355 g/mol. The van der Waals surface area contributed by atoms with Crippen LogP contribution in [-0.4, -0.2) is 23.3 Å². The van der Waals surface area contributed by atoms with E-state index in [0.29, 0.717) is 11.6 Å². The van der Waals surface area contributed by atoms with E-state index >= 15 is 0 Å². The lowest BCUT2D eigenvalue weighted by Gasteiger charge is -2.07. The van der Waals surface area contributed by atoms with Gasteiger partial charge in [-0.1, -0.05) is 19.1 Å². The standard InChI is InChI=1S/C15H18N4O2S.ClH/c1-2-10-4-3-5-11(6-10)18-13(20)8-17-15(21)12-9-22-14(7-16)19-12;/h3-6,9H,2,7-8,16H2,1H3,(H,17,21)(H,18,20);1H. The Hall–Kier alpha value is -1.96. The minimum atomic E-state index is -0.381. The number of carbonyl (C=O) groups is 2. The Bertz CT molecular complexity index is 675. The molecule has 0 saturated carbocycles. The Morgan fingerprint density at radius 1 is 1.35 bits per heavy atom. The third-order valence-corrected chi connectivity index (χ3v) is 3.86. The summed E-state index contributed by atoms with van der Waals surface area (Å²) in [5, 5.41) is 7.60. The summed E-state index contributed by atoms with van der Waals surface area (Å²) in [6, 6.07) is 7.60. The highest BCUT2D eigenvalue weighted by atomic mass is 35.5. The first-order valence-electron chi connectivity index (χ1n) is 6.93. The van der Waals surface area contributed by atoms with Crippen LogP contribution in [0, 0.1) is 0 Å². The number of halogens is 1. The van der Waals surface area contributed by atoms with Gasteiger partial charge in [-0.05, 0) is 24.1 Å². The van der Waals surface area contributed by atoms with Gasteiger partial charge >= 0.3 is 0 Å². The first-order valence-corrected chi connectivity index (χ1v) is 7.81. The lowest BCUT2D eigenvalue weighted by Crippen LogP contribution is -2.33. The van der Waals surface area contributed by atoms with Crippen LogP contribution in [0.25, 0.3) is 0 Å². The fraction of sp³-hybridized carbons (Fsp3) is 0.267. The highest BCUT2D eigenvalue weighted by Gasteiger charge is 2.11. The summed E-state index contributed by atoms with van der Waals surface area (Å²) < 4.78 is 0. The molecule has 1 heterocycles. The predicted octanol–water partition coefficient (Wildman–Crippen LogP) is 1.95. The van der Waals surface area contributed by atoms with E-state index in [9.17, 15) is 9.59 Å². The fourth-order valence-corrected chi connectivity index (χ4v) is 2.49. The number of thiazole rings is 1. The number of aromatic nitrogens is 1. The number of aryl methyl sites for hydroxylation is 1. The van der Waals surface area contributed by atoms with Gasteiger partial charge in [0.2, 0.25) is 5.91 Å². The van der Waals surface area contributed by atoms with Crippen molar-refractivity contribution in [3.8, 4) is 0 Å². The van der Waals surface area contributed by atoms with Crippen LogP contribution in [0.15, 0.2) is 29.6 Å². The van der Waals surface area contributed by atoms with Gasteiger partial charge in [0, 0.05) is 17.6 Å². The summed E-state index contributed by atoms with van der Waals surface area (Å²) in [5.41, 5.74) is 7.59. The lowest BCUT2D eigenvalue weighted by atomic mass is 10.1. The van der Waals surface area contributed by atoms with E-state index in [0.717, 1.165) is 17.7 Å². The number of anilines is 1. The summed E-state index contributed by atoms with van der Waals surface area (Å²) in [5.74, 6) is -0.663. The minimum absolute atomic E-state index is 0. The molecule has 0 aliphatic rings. The average Bonchev–Trinajstić information content (AvgIpc) is 3.02. The second-order valence-electron chi connectivity index (χ2n) is 4.62. The Morgan fingerprint density at radius 2 is 2.13 bits per heavy atom. The van der Waals surface area contributed by atoms with E-state index in [1.54, 1.807) is 5.38 Å². The molecule has 4 N–H and O–H groups in total. The summed E-state index contributed by atoms with van der Waals surface area (Å²) in [4.78, 5) is 27.8. The molecule has 23 heavy (non-hydrogen) atoms. The zero-order valence-electron chi connectivity index (χ0n) is 12.7. The van der Waals surface area contributed by atoms with Crippen LogP contribution in [0.2, 0.25) is 0 Å². The zero-order chi connectivity index (χ0) is 15.9. The van der Waals surface area contributed by atoms with Gasteiger partial charge in [-0.2, -0.15) is 0 Å². The monoisotopic (exact) mass is 354 g/mol. The van der Waals surface area contributed by atoms with Gasteiger partial charge in [-0.25, -0.2) is 4.98 Å². The molecule has 2 rings (SSSR count). The highest BCUT2D eigenvalue weighted by molar-refractivity contribution is 7.09. The van der Waals surface area contributed by atoms with Gasteiger partial charge in [0.1, 0.15) is 10.7 Å². The van der Waals surface area contributed by atoms with Gasteiger partial charge in [-0.3, -0.25) is 9.59 Å². The van der Waals surface area contributed by atoms with Crippen LogP contribution in [0.5, 0.6) is 0 Å². The number of hydrogen-bond acceptors (Lipinski definition) is 5. The van der Waals surface area contributed by atoms with Crippen molar-refractivity contribution in [2.45, 2.75) is 19.9 Å². The molecule has 1 aromatic heterocycles. The molecule has 0 atom stereocenters. The number of benzene rings is 1. The van der Waals surface area contributed by atoms with Gasteiger partial charge < -0.3 is 16.4 Å². The van der Waals surface area contributed by atoms with Gasteiger partial charge in [0.05, 0.1) is 6.54 Å². The smallest absolute Gasteiger partial charge is 0.271 e. The van der Waals surface area contributed by atoms with Gasteiger partial charge in [-0.15, -0.1) is 23.7 Å². The Kier molecular flexibility index (Phi) is 7.67. The molecule has 0 bridgehead atoms. The molecule has 0 fully saturated rings. The highest BCUT2D eigenvalue weighted by Crippen LogP contribution is 2.11. The topological polar surface area (TPSA) is 97.1 Å². The molecule has 0 aliphatic carbocycles. The molecule has 0 aliphatic heterocycles. The van der Waals surface area contributed by atoms with Crippen molar-refractivity contribution in [1.29, 1.82) is 0 Å². The second-order valence-corrected chi connectivity index (χ2v) is 5.56. The number of rotatable bonds is 6. The fourth-order valence-electron chi connectivity index (χ4n) is 1.83. The van der Waals surface area contributed by atoms with Crippen molar-refractivity contribution in [2.75, 3.05) is 11.9 Å². The molecule has 0 saturated heterocycles. The van der Waals surface area contributed by atoms with E-state index in [2.05, 4.69) is 15.6 Å². The Labute approximate surface area is 144 Å². The molecule has 0 radical (unpaired) electrons. The molecule has 1 aromatic carbocycles. The summed E-state index contributed by atoms with van der Waals surface area (Å²) in [7, 11) is 0. The van der Waals surface area contributed by atoms with Crippen molar-refractivity contribution in [3.05, 3.63) is 45.9 Å². The van der Waals surface area contributed by atoms with Gasteiger partial charge in [0.15, 0.2) is 0 Å². The maximum atomic E-state index is 11.8. The van der Waals surface area contributed by atoms with Gasteiger partial charge in [0.25, 0.3) is 5.91 Å². The van der Waals surface area contributed by atoms with Crippen molar-refractivity contribution in [3.63, 3.8) is 0 Å². The third kappa shape index (κ3) is 5.63. The van der Waals surface area contributed by atoms with E-state index in [1.807, 2.05) is 31.2 Å². The normalized spacial score (nSPS) is 9.83. The summed E-state index contributed by atoms with van der Waals surface area (Å²) >= 11 is 1.32. The minimum Gasteiger partial charge on any atom is -0.342 e. The van der Waals surface area contributed by atoms with E-state index in [-0.39, 0.29) is 36.5 Å². The van der Waals surface area contributed by atoms with Crippen LogP contribution in [0.4, 0.5) is 5.69 Å². The quantitative estimate of drug-likeness (QED) is 0.738. The largest absolute Gasteiger partial charge is 0.342 e. The number of carbonyl (C=O) groups excluding carboxylic acids is 2. The van der Waals surface area contributed by atoms with Crippen LogP contribution < -0.4 is 16.4 Å². The maximum absolute atomic E-state index is 11.8. The van der Waals surface area contributed by atoms with Crippen LogP contribution >= 0.6 is 23.7 Å². The summed E-state index contributed by atoms with van der Waals surface area (Å²) in [6.07, 6.45) is 0.897. The number of nitrogens with zero attached hydrogens (tertiary/aromatic N) is 1. The first-order chi connectivity index (χ1) is 10.6. The first kappa shape index (κ1) is 19.1. The molecule has 124 valence electrons. The van der Waals surface area contributed by atoms with Crippen molar-refractivity contribution >= 4 is 41.2 Å². The van der Waals surface area contributed by atoms with E-state index < -0.39 is 0 Å². The number of amides is 2. The van der Waals surface area contributed by atoms with Crippen LogP contribution in [-0.2, 0) is 17.8 Å². The van der Waals surface area contributed by atoms with E-state index in [1.165, 1.54) is 11.3 Å². The Morgan fingerprint density at radius 3 is 2.78 bits per heavy atom. The molecule has 8 heteroatoms. The molecule has 2 amide bonds. The third-order valence-electron chi connectivity index (χ3n) is 2.99. The Balaban J connectivity index is 0.00000264. The molecule has 6 nitrogen and oxygen atoms in total. The maximum Gasteiger partial charge on any atom is 0.271 e. The SMILES string of the molecule is CCc1cccc(NC(=O)CNC(=O)c2csc(CN)n2)c1.Cl. The number of nitrogens with one attached hydrogen (secondary N) is 2. The molecule has 0 unspecified atom stereocenters. The summed E-state index contributed by atoms with van der Waals surface area (Å²) in [6.45, 7) is 2.24. The second kappa shape index (κ2) is 9.24. The van der Waals surface area contributed by atoms with Crippen molar-refractivity contribution in [2.24, 2.45) is 5.73 Å². The number of nitrogens with two attached hydrogens (primary N) is 1. The van der Waals surface area contributed by atoms with Crippen LogP contribution in [0.3, 0.4) is 0 Å². The molecular weight excluding hydrogens is 336 g/mol. The molecule has 0 spiro atoms. The zero-order valence-corrected chi connectivity index (χ0v) is 14.3. The molecular formula is C15H19ClN4O2S. The van der Waals surface area contributed by atoms with Crippen LogP contribution in [0.1, 0.15) is 28.0 Å².